The van der Waals surface area contributed by atoms with Gasteiger partial charge in [0.1, 0.15) is 12.1 Å². The molecular formula is C15H16N6O. The van der Waals surface area contributed by atoms with Crippen LogP contribution >= 0.6 is 0 Å². The third kappa shape index (κ3) is 2.51. The van der Waals surface area contributed by atoms with Crippen molar-refractivity contribution in [3.8, 4) is 5.82 Å². The van der Waals surface area contributed by atoms with Gasteiger partial charge in [0.2, 0.25) is 5.95 Å². The fourth-order valence-corrected chi connectivity index (χ4v) is 2.50. The lowest BCUT2D eigenvalue weighted by Crippen LogP contribution is -2.40. The SMILES string of the molecule is c1ccc2c(c1)ncn2-c1ccnc(NN2CCOCC2)n1. The number of fused-ring (bicyclic) bond motifs is 1. The molecule has 1 aliphatic heterocycles. The molecule has 0 spiro atoms. The van der Waals surface area contributed by atoms with Crippen molar-refractivity contribution < 1.29 is 4.74 Å². The maximum atomic E-state index is 5.33. The molecule has 0 aliphatic carbocycles. The Morgan fingerprint density at radius 2 is 1.91 bits per heavy atom. The van der Waals surface area contributed by atoms with E-state index >= 15 is 0 Å². The molecule has 0 atom stereocenters. The van der Waals surface area contributed by atoms with Gasteiger partial charge in [0.25, 0.3) is 0 Å². The van der Waals surface area contributed by atoms with Gasteiger partial charge in [-0.1, -0.05) is 12.1 Å². The van der Waals surface area contributed by atoms with Crippen LogP contribution in [0.1, 0.15) is 0 Å². The van der Waals surface area contributed by atoms with Gasteiger partial charge in [-0.15, -0.1) is 0 Å². The number of ether oxygens (including phenoxy) is 1. The van der Waals surface area contributed by atoms with E-state index in [9.17, 15) is 0 Å². The van der Waals surface area contributed by atoms with Gasteiger partial charge < -0.3 is 4.74 Å². The fourth-order valence-electron chi connectivity index (χ4n) is 2.50. The van der Waals surface area contributed by atoms with E-state index in [1.54, 1.807) is 12.5 Å². The molecule has 0 saturated carbocycles. The van der Waals surface area contributed by atoms with Gasteiger partial charge in [-0.05, 0) is 18.2 Å². The zero-order valence-corrected chi connectivity index (χ0v) is 12.0. The Balaban J connectivity index is 1.63. The first-order chi connectivity index (χ1) is 10.9. The molecule has 1 fully saturated rings. The molecular weight excluding hydrogens is 280 g/mol. The highest BCUT2D eigenvalue weighted by atomic mass is 16.5. The van der Waals surface area contributed by atoms with Gasteiger partial charge in [0, 0.05) is 19.3 Å². The van der Waals surface area contributed by atoms with Crippen LogP contribution in [0.5, 0.6) is 0 Å². The highest BCUT2D eigenvalue weighted by Gasteiger charge is 2.12. The summed E-state index contributed by atoms with van der Waals surface area (Å²) in [5.74, 6) is 1.37. The van der Waals surface area contributed by atoms with E-state index in [0.29, 0.717) is 5.95 Å². The predicted molar refractivity (Wildman–Crippen MR) is 82.7 cm³/mol. The molecule has 22 heavy (non-hydrogen) atoms. The van der Waals surface area contributed by atoms with Crippen molar-refractivity contribution in [2.24, 2.45) is 0 Å². The molecule has 0 bridgehead atoms. The molecule has 1 N–H and O–H groups in total. The van der Waals surface area contributed by atoms with Crippen LogP contribution in [0.2, 0.25) is 0 Å². The second-order valence-electron chi connectivity index (χ2n) is 5.05. The maximum absolute atomic E-state index is 5.33. The smallest absolute Gasteiger partial charge is 0.239 e. The molecule has 0 radical (unpaired) electrons. The van der Waals surface area contributed by atoms with E-state index < -0.39 is 0 Å². The van der Waals surface area contributed by atoms with Gasteiger partial charge >= 0.3 is 0 Å². The summed E-state index contributed by atoms with van der Waals surface area (Å²) in [7, 11) is 0. The van der Waals surface area contributed by atoms with E-state index in [1.807, 2.05) is 34.9 Å². The topological polar surface area (TPSA) is 68.1 Å². The number of morpholine rings is 1. The van der Waals surface area contributed by atoms with Crippen molar-refractivity contribution in [3.63, 3.8) is 0 Å². The molecule has 1 aliphatic rings. The third-order valence-electron chi connectivity index (χ3n) is 3.61. The van der Waals surface area contributed by atoms with Crippen LogP contribution in [0.25, 0.3) is 16.9 Å². The van der Waals surface area contributed by atoms with E-state index in [1.165, 1.54) is 0 Å². The number of hydrogen-bond donors (Lipinski definition) is 1. The number of hydrogen-bond acceptors (Lipinski definition) is 6. The molecule has 3 aromatic rings. The Kier molecular flexibility index (Phi) is 3.42. The second kappa shape index (κ2) is 5.70. The number of imidazole rings is 1. The predicted octanol–water partition coefficient (Wildman–Crippen LogP) is 1.47. The lowest BCUT2D eigenvalue weighted by Gasteiger charge is -2.26. The Morgan fingerprint density at radius 1 is 1.05 bits per heavy atom. The van der Waals surface area contributed by atoms with Crippen molar-refractivity contribution in [3.05, 3.63) is 42.9 Å². The number of nitrogens with one attached hydrogen (secondary N) is 1. The summed E-state index contributed by atoms with van der Waals surface area (Å²) < 4.78 is 7.29. The zero-order valence-electron chi connectivity index (χ0n) is 12.0. The summed E-state index contributed by atoms with van der Waals surface area (Å²) >= 11 is 0. The number of hydrazine groups is 1. The van der Waals surface area contributed by atoms with Crippen molar-refractivity contribution >= 4 is 17.0 Å². The highest BCUT2D eigenvalue weighted by molar-refractivity contribution is 5.76. The number of nitrogens with zero attached hydrogens (tertiary/aromatic N) is 5. The second-order valence-corrected chi connectivity index (χ2v) is 5.05. The van der Waals surface area contributed by atoms with Crippen molar-refractivity contribution in [2.75, 3.05) is 31.7 Å². The first-order valence-corrected chi connectivity index (χ1v) is 7.25. The average molecular weight is 296 g/mol. The quantitative estimate of drug-likeness (QED) is 0.789. The lowest BCUT2D eigenvalue weighted by atomic mass is 10.3. The van der Waals surface area contributed by atoms with E-state index in [4.69, 9.17) is 4.74 Å². The van der Waals surface area contributed by atoms with E-state index in [0.717, 1.165) is 43.2 Å². The van der Waals surface area contributed by atoms with Gasteiger partial charge in [0.15, 0.2) is 0 Å². The molecule has 4 rings (SSSR count). The van der Waals surface area contributed by atoms with Crippen LogP contribution in [0.4, 0.5) is 5.95 Å². The van der Waals surface area contributed by atoms with Crippen LogP contribution in [-0.4, -0.2) is 50.8 Å². The largest absolute Gasteiger partial charge is 0.379 e. The van der Waals surface area contributed by atoms with Crippen molar-refractivity contribution in [1.29, 1.82) is 0 Å². The first kappa shape index (κ1) is 13.2. The van der Waals surface area contributed by atoms with Gasteiger partial charge in [-0.2, -0.15) is 4.98 Å². The maximum Gasteiger partial charge on any atom is 0.239 e. The molecule has 2 aromatic heterocycles. The molecule has 0 unspecified atom stereocenters. The average Bonchev–Trinajstić information content (AvgIpc) is 3.00. The summed E-state index contributed by atoms with van der Waals surface area (Å²) in [6, 6.07) is 9.86. The number of aromatic nitrogens is 4. The summed E-state index contributed by atoms with van der Waals surface area (Å²) in [5.41, 5.74) is 5.20. The Morgan fingerprint density at radius 3 is 2.82 bits per heavy atom. The summed E-state index contributed by atoms with van der Waals surface area (Å²) in [6.07, 6.45) is 3.53. The molecule has 1 saturated heterocycles. The molecule has 7 nitrogen and oxygen atoms in total. The minimum absolute atomic E-state index is 0.581. The van der Waals surface area contributed by atoms with Gasteiger partial charge in [-0.25, -0.2) is 15.0 Å². The minimum atomic E-state index is 0.581. The Hall–Kier alpha value is -2.51. The lowest BCUT2D eigenvalue weighted by molar-refractivity contribution is 0.0492. The standard InChI is InChI=1S/C15H16N6O/c1-2-4-13-12(3-1)17-11-21(13)14-5-6-16-15(18-14)19-20-7-9-22-10-8-20/h1-6,11H,7-10H2,(H,16,18,19). The fraction of sp³-hybridized carbons (Fsp3) is 0.267. The summed E-state index contributed by atoms with van der Waals surface area (Å²) in [6.45, 7) is 3.08. The molecule has 0 amide bonds. The summed E-state index contributed by atoms with van der Waals surface area (Å²) in [5, 5.41) is 2.06. The zero-order chi connectivity index (χ0) is 14.8. The Bertz CT molecular complexity index is 780. The molecule has 7 heteroatoms. The van der Waals surface area contributed by atoms with Crippen molar-refractivity contribution in [2.45, 2.75) is 0 Å². The van der Waals surface area contributed by atoms with Crippen LogP contribution in [-0.2, 0) is 4.74 Å². The van der Waals surface area contributed by atoms with Crippen LogP contribution in [0.15, 0.2) is 42.9 Å². The van der Waals surface area contributed by atoms with Crippen LogP contribution < -0.4 is 5.43 Å². The molecule has 112 valence electrons. The molecule has 1 aromatic carbocycles. The number of rotatable bonds is 3. The first-order valence-electron chi connectivity index (χ1n) is 7.25. The number of benzene rings is 1. The highest BCUT2D eigenvalue weighted by Crippen LogP contribution is 2.17. The summed E-state index contributed by atoms with van der Waals surface area (Å²) in [4.78, 5) is 13.3. The monoisotopic (exact) mass is 296 g/mol. The normalized spacial score (nSPS) is 16.0. The van der Waals surface area contributed by atoms with Crippen LogP contribution in [0, 0.1) is 0 Å². The third-order valence-corrected chi connectivity index (χ3v) is 3.61. The van der Waals surface area contributed by atoms with Crippen LogP contribution in [0.3, 0.4) is 0 Å². The number of anilines is 1. The Labute approximate surface area is 127 Å². The minimum Gasteiger partial charge on any atom is -0.379 e. The van der Waals surface area contributed by atoms with Gasteiger partial charge in [0.05, 0.1) is 24.2 Å². The van der Waals surface area contributed by atoms with E-state index in [-0.39, 0.29) is 0 Å². The van der Waals surface area contributed by atoms with E-state index in [2.05, 4.69) is 25.4 Å². The van der Waals surface area contributed by atoms with Crippen molar-refractivity contribution in [1.82, 2.24) is 24.5 Å². The van der Waals surface area contributed by atoms with Gasteiger partial charge in [-0.3, -0.25) is 9.99 Å². The number of para-hydroxylation sites is 2. The molecule has 3 heterocycles.